The molecule has 0 aromatic carbocycles. The fourth-order valence-electron chi connectivity index (χ4n) is 3.96. The number of thioether (sulfide) groups is 1. The van der Waals surface area contributed by atoms with Crippen LogP contribution < -0.4 is 5.32 Å². The molecule has 114 valence electrons. The minimum Gasteiger partial charge on any atom is -0.362 e. The van der Waals surface area contributed by atoms with Gasteiger partial charge < -0.3 is 5.32 Å². The number of hydrogen-bond donors (Lipinski definition) is 1. The number of hydrogen-bond acceptors (Lipinski definition) is 3. The van der Waals surface area contributed by atoms with Crippen molar-refractivity contribution in [2.75, 3.05) is 12.3 Å². The fraction of sp³-hybridized carbons (Fsp3) is 0.941. The van der Waals surface area contributed by atoms with Gasteiger partial charge in [0.25, 0.3) is 0 Å². The van der Waals surface area contributed by atoms with Gasteiger partial charge in [0.1, 0.15) is 0 Å². The Morgan fingerprint density at radius 1 is 1.05 bits per heavy atom. The van der Waals surface area contributed by atoms with Gasteiger partial charge in [-0.3, -0.25) is 4.99 Å². The van der Waals surface area contributed by atoms with Crippen molar-refractivity contribution in [3.05, 3.63) is 0 Å². The van der Waals surface area contributed by atoms with Crippen molar-refractivity contribution in [2.45, 2.75) is 77.7 Å². The monoisotopic (exact) mass is 294 g/mol. The molecule has 2 fully saturated rings. The Labute approximate surface area is 128 Å². The Morgan fingerprint density at radius 3 is 2.35 bits per heavy atom. The Morgan fingerprint density at radius 2 is 1.75 bits per heavy atom. The summed E-state index contributed by atoms with van der Waals surface area (Å²) in [7, 11) is 0. The standard InChI is InChI=1S/C17H30N2S/c1-16(2)10-6-14(7-11-16)19-15-18-12-17(13-20-15)8-4-3-5-9-17/h14H,3-13H2,1-2H3,(H,18,19). The maximum Gasteiger partial charge on any atom is 0.156 e. The Balaban J connectivity index is 1.50. The van der Waals surface area contributed by atoms with E-state index in [1.807, 2.05) is 11.8 Å². The van der Waals surface area contributed by atoms with Gasteiger partial charge >= 0.3 is 0 Å². The van der Waals surface area contributed by atoms with Crippen LogP contribution in [0.4, 0.5) is 0 Å². The van der Waals surface area contributed by atoms with Gasteiger partial charge in [-0.25, -0.2) is 0 Å². The molecule has 1 aliphatic heterocycles. The molecule has 2 nitrogen and oxygen atoms in total. The van der Waals surface area contributed by atoms with Gasteiger partial charge in [-0.2, -0.15) is 0 Å². The van der Waals surface area contributed by atoms with Crippen molar-refractivity contribution < 1.29 is 0 Å². The predicted octanol–water partition coefficient (Wildman–Crippen LogP) is 4.60. The SMILES string of the molecule is CC1(C)CCC(NC2=NCC3(CCCCC3)CS2)CC1. The summed E-state index contributed by atoms with van der Waals surface area (Å²) >= 11 is 2.00. The molecule has 3 heteroatoms. The molecule has 0 aromatic heterocycles. The van der Waals surface area contributed by atoms with Crippen molar-refractivity contribution in [3.63, 3.8) is 0 Å². The van der Waals surface area contributed by atoms with Crippen LogP contribution in [0.25, 0.3) is 0 Å². The molecule has 0 bridgehead atoms. The quantitative estimate of drug-likeness (QED) is 0.764. The van der Waals surface area contributed by atoms with Crippen molar-refractivity contribution in [3.8, 4) is 0 Å². The molecule has 1 heterocycles. The lowest BCUT2D eigenvalue weighted by Gasteiger charge is -2.40. The van der Waals surface area contributed by atoms with E-state index in [4.69, 9.17) is 4.99 Å². The summed E-state index contributed by atoms with van der Waals surface area (Å²) in [5.74, 6) is 1.30. The average molecular weight is 295 g/mol. The molecule has 3 aliphatic rings. The second kappa shape index (κ2) is 5.90. The highest BCUT2D eigenvalue weighted by atomic mass is 32.2. The number of aliphatic imine (C=N–C) groups is 1. The number of nitrogens with one attached hydrogen (secondary N) is 1. The lowest BCUT2D eigenvalue weighted by Crippen LogP contribution is -2.42. The molecule has 2 saturated carbocycles. The number of rotatable bonds is 1. The largest absolute Gasteiger partial charge is 0.362 e. The van der Waals surface area contributed by atoms with E-state index < -0.39 is 0 Å². The van der Waals surface area contributed by atoms with E-state index in [2.05, 4.69) is 19.2 Å². The van der Waals surface area contributed by atoms with Crippen LogP contribution in [0.1, 0.15) is 71.6 Å². The molecule has 2 aliphatic carbocycles. The molecule has 1 N–H and O–H groups in total. The van der Waals surface area contributed by atoms with Gasteiger partial charge in [0.15, 0.2) is 5.17 Å². The lowest BCUT2D eigenvalue weighted by molar-refractivity contribution is 0.216. The van der Waals surface area contributed by atoms with Gasteiger partial charge in [0.2, 0.25) is 0 Å². The van der Waals surface area contributed by atoms with E-state index in [1.54, 1.807) is 0 Å². The number of nitrogens with zero attached hydrogens (tertiary/aromatic N) is 1. The summed E-state index contributed by atoms with van der Waals surface area (Å²) in [6, 6.07) is 0.676. The first-order valence-electron chi connectivity index (χ1n) is 8.51. The van der Waals surface area contributed by atoms with Crippen LogP contribution in [-0.4, -0.2) is 23.5 Å². The molecule has 3 rings (SSSR count). The topological polar surface area (TPSA) is 24.4 Å². The van der Waals surface area contributed by atoms with E-state index >= 15 is 0 Å². The third-order valence-electron chi connectivity index (χ3n) is 5.65. The van der Waals surface area contributed by atoms with E-state index in [1.165, 1.54) is 68.7 Å². The first kappa shape index (κ1) is 14.7. The maximum atomic E-state index is 4.91. The first-order valence-corrected chi connectivity index (χ1v) is 9.49. The van der Waals surface area contributed by atoms with E-state index in [0.29, 0.717) is 16.9 Å². The lowest BCUT2D eigenvalue weighted by atomic mass is 9.75. The summed E-state index contributed by atoms with van der Waals surface area (Å²) < 4.78 is 0. The molecular formula is C17H30N2S. The van der Waals surface area contributed by atoms with E-state index in [0.717, 1.165) is 6.54 Å². The molecule has 0 radical (unpaired) electrons. The second-order valence-electron chi connectivity index (χ2n) is 8.05. The summed E-state index contributed by atoms with van der Waals surface area (Å²) in [5.41, 5.74) is 1.12. The Bertz CT molecular complexity index is 359. The van der Waals surface area contributed by atoms with Gasteiger partial charge in [-0.05, 0) is 49.4 Å². The van der Waals surface area contributed by atoms with Crippen molar-refractivity contribution in [2.24, 2.45) is 15.8 Å². The minimum atomic E-state index is 0.558. The van der Waals surface area contributed by atoms with E-state index in [-0.39, 0.29) is 0 Å². The van der Waals surface area contributed by atoms with Crippen LogP contribution >= 0.6 is 11.8 Å². The zero-order valence-corrected chi connectivity index (χ0v) is 14.0. The average Bonchev–Trinajstić information content (AvgIpc) is 2.45. The Hall–Kier alpha value is -0.180. The first-order chi connectivity index (χ1) is 9.57. The number of amidine groups is 1. The van der Waals surface area contributed by atoms with Crippen LogP contribution in [0.3, 0.4) is 0 Å². The molecule has 20 heavy (non-hydrogen) atoms. The minimum absolute atomic E-state index is 0.558. The van der Waals surface area contributed by atoms with Crippen LogP contribution in [0.2, 0.25) is 0 Å². The molecule has 0 unspecified atom stereocenters. The second-order valence-corrected chi connectivity index (χ2v) is 9.02. The third-order valence-corrected chi connectivity index (χ3v) is 6.93. The Kier molecular flexibility index (Phi) is 4.35. The molecule has 0 saturated heterocycles. The van der Waals surface area contributed by atoms with Gasteiger partial charge in [0, 0.05) is 18.3 Å². The predicted molar refractivity (Wildman–Crippen MR) is 89.5 cm³/mol. The zero-order chi connectivity index (χ0) is 14.1. The van der Waals surface area contributed by atoms with Gasteiger partial charge in [0.05, 0.1) is 0 Å². The van der Waals surface area contributed by atoms with Crippen LogP contribution in [0.5, 0.6) is 0 Å². The molecule has 0 atom stereocenters. The third kappa shape index (κ3) is 3.52. The van der Waals surface area contributed by atoms with E-state index in [9.17, 15) is 0 Å². The van der Waals surface area contributed by atoms with Crippen molar-refractivity contribution >= 4 is 16.9 Å². The van der Waals surface area contributed by atoms with Crippen molar-refractivity contribution in [1.82, 2.24) is 5.32 Å². The summed E-state index contributed by atoms with van der Waals surface area (Å²) in [6.45, 7) is 5.90. The smallest absolute Gasteiger partial charge is 0.156 e. The highest BCUT2D eigenvalue weighted by Crippen LogP contribution is 2.42. The zero-order valence-electron chi connectivity index (χ0n) is 13.2. The highest BCUT2D eigenvalue weighted by molar-refractivity contribution is 8.13. The van der Waals surface area contributed by atoms with Crippen LogP contribution in [0.15, 0.2) is 4.99 Å². The van der Waals surface area contributed by atoms with Gasteiger partial charge in [-0.1, -0.05) is 44.9 Å². The van der Waals surface area contributed by atoms with Crippen molar-refractivity contribution in [1.29, 1.82) is 0 Å². The van der Waals surface area contributed by atoms with Crippen LogP contribution in [0, 0.1) is 10.8 Å². The summed E-state index contributed by atoms with van der Waals surface area (Å²) in [6.07, 6.45) is 12.5. The summed E-state index contributed by atoms with van der Waals surface area (Å²) in [5, 5.41) is 4.97. The highest BCUT2D eigenvalue weighted by Gasteiger charge is 2.35. The molecule has 1 spiro atoms. The molecule has 0 aromatic rings. The normalized spacial score (nSPS) is 30.0. The van der Waals surface area contributed by atoms with Gasteiger partial charge in [-0.15, -0.1) is 0 Å². The maximum absolute atomic E-state index is 4.91. The molecular weight excluding hydrogens is 264 g/mol. The van der Waals surface area contributed by atoms with Crippen LogP contribution in [-0.2, 0) is 0 Å². The fourth-order valence-corrected chi connectivity index (χ4v) is 5.19. The summed E-state index contributed by atoms with van der Waals surface area (Å²) in [4.78, 5) is 4.91. The molecule has 0 amide bonds.